The van der Waals surface area contributed by atoms with Crippen LogP contribution in [0.3, 0.4) is 0 Å². The van der Waals surface area contributed by atoms with Crippen LogP contribution in [0.15, 0.2) is 54.6 Å². The van der Waals surface area contributed by atoms with Crippen molar-refractivity contribution < 1.29 is 9.84 Å². The second kappa shape index (κ2) is 5.68. The summed E-state index contributed by atoms with van der Waals surface area (Å²) in [6.07, 6.45) is 1.27. The van der Waals surface area contributed by atoms with E-state index in [9.17, 15) is 5.11 Å². The van der Waals surface area contributed by atoms with Crippen LogP contribution in [0, 0.1) is 0 Å². The van der Waals surface area contributed by atoms with Crippen molar-refractivity contribution in [1.82, 2.24) is 0 Å². The Kier molecular flexibility index (Phi) is 3.75. The van der Waals surface area contributed by atoms with Crippen molar-refractivity contribution in [1.29, 1.82) is 0 Å². The van der Waals surface area contributed by atoms with Gasteiger partial charge in [0.05, 0.1) is 6.10 Å². The first-order valence-electron chi connectivity index (χ1n) is 7.22. The highest BCUT2D eigenvalue weighted by molar-refractivity contribution is 5.37. The predicted octanol–water partition coefficient (Wildman–Crippen LogP) is 4.06. The van der Waals surface area contributed by atoms with E-state index < -0.39 is 6.10 Å². The Bertz CT molecular complexity index is 565. The average molecular weight is 268 g/mol. The molecule has 0 saturated heterocycles. The van der Waals surface area contributed by atoms with Gasteiger partial charge in [-0.15, -0.1) is 0 Å². The number of rotatable bonds is 3. The number of fused-ring (bicyclic) bond motifs is 1. The monoisotopic (exact) mass is 268 g/mol. The number of hydrogen-bond acceptors (Lipinski definition) is 2. The summed E-state index contributed by atoms with van der Waals surface area (Å²) < 4.78 is 6.03. The molecule has 0 saturated carbocycles. The smallest absolute Gasteiger partial charge is 0.125 e. The van der Waals surface area contributed by atoms with Gasteiger partial charge < -0.3 is 9.84 Å². The zero-order valence-corrected chi connectivity index (χ0v) is 11.7. The lowest BCUT2D eigenvalue weighted by atomic mass is 9.90. The molecule has 0 bridgehead atoms. The molecule has 1 N–H and O–H groups in total. The van der Waals surface area contributed by atoms with Crippen molar-refractivity contribution in [3.8, 4) is 5.75 Å². The van der Waals surface area contributed by atoms with Crippen molar-refractivity contribution in [2.45, 2.75) is 37.9 Å². The molecule has 0 spiro atoms. The molecule has 1 heterocycles. The molecule has 0 amide bonds. The maximum Gasteiger partial charge on any atom is 0.125 e. The van der Waals surface area contributed by atoms with Crippen molar-refractivity contribution in [3.63, 3.8) is 0 Å². The molecule has 2 nitrogen and oxygen atoms in total. The highest BCUT2D eigenvalue weighted by atomic mass is 16.5. The van der Waals surface area contributed by atoms with Crippen LogP contribution < -0.4 is 4.74 Å². The summed E-state index contributed by atoms with van der Waals surface area (Å²) in [6, 6.07) is 18.3. The SMILES string of the molecule is CC(CC1CC(O)c2ccccc2O1)c1ccccc1. The minimum absolute atomic E-state index is 0.0788. The van der Waals surface area contributed by atoms with Crippen molar-refractivity contribution in [3.05, 3.63) is 65.7 Å². The standard InChI is InChI=1S/C18H20O2/c1-13(14-7-3-2-4-8-14)11-15-12-17(19)16-9-5-6-10-18(16)20-15/h2-10,13,15,17,19H,11-12H2,1H3. The fourth-order valence-electron chi connectivity index (χ4n) is 2.92. The van der Waals surface area contributed by atoms with Crippen LogP contribution in [0.25, 0.3) is 0 Å². The molecule has 0 fully saturated rings. The predicted molar refractivity (Wildman–Crippen MR) is 79.9 cm³/mol. The van der Waals surface area contributed by atoms with E-state index in [1.54, 1.807) is 0 Å². The van der Waals surface area contributed by atoms with Gasteiger partial charge in [0.15, 0.2) is 0 Å². The summed E-state index contributed by atoms with van der Waals surface area (Å²) in [5.41, 5.74) is 2.24. The molecule has 0 aliphatic carbocycles. The second-order valence-electron chi connectivity index (χ2n) is 5.58. The summed E-state index contributed by atoms with van der Waals surface area (Å²) in [7, 11) is 0. The Balaban J connectivity index is 1.71. The molecule has 3 unspecified atom stereocenters. The molecule has 3 atom stereocenters. The van der Waals surface area contributed by atoms with Gasteiger partial charge in [-0.3, -0.25) is 0 Å². The Morgan fingerprint density at radius 1 is 1.10 bits per heavy atom. The second-order valence-corrected chi connectivity index (χ2v) is 5.58. The van der Waals surface area contributed by atoms with Crippen LogP contribution in [-0.2, 0) is 0 Å². The molecule has 20 heavy (non-hydrogen) atoms. The Hall–Kier alpha value is -1.80. The zero-order valence-electron chi connectivity index (χ0n) is 11.7. The molecular weight excluding hydrogens is 248 g/mol. The highest BCUT2D eigenvalue weighted by Crippen LogP contribution is 2.37. The summed E-state index contributed by atoms with van der Waals surface area (Å²) in [6.45, 7) is 2.21. The summed E-state index contributed by atoms with van der Waals surface area (Å²) in [5, 5.41) is 10.2. The van der Waals surface area contributed by atoms with E-state index in [1.165, 1.54) is 5.56 Å². The van der Waals surface area contributed by atoms with E-state index in [2.05, 4.69) is 31.2 Å². The summed E-state index contributed by atoms with van der Waals surface area (Å²) in [4.78, 5) is 0. The van der Waals surface area contributed by atoms with Gasteiger partial charge >= 0.3 is 0 Å². The molecule has 1 aliphatic heterocycles. The quantitative estimate of drug-likeness (QED) is 0.909. The lowest BCUT2D eigenvalue weighted by molar-refractivity contribution is 0.0589. The number of aliphatic hydroxyl groups excluding tert-OH is 1. The lowest BCUT2D eigenvalue weighted by Gasteiger charge is -2.31. The van der Waals surface area contributed by atoms with Gasteiger partial charge in [0.1, 0.15) is 11.9 Å². The van der Waals surface area contributed by atoms with Crippen molar-refractivity contribution in [2.24, 2.45) is 0 Å². The fourth-order valence-corrected chi connectivity index (χ4v) is 2.92. The third-order valence-electron chi connectivity index (χ3n) is 4.04. The molecule has 2 aromatic rings. The minimum atomic E-state index is -0.409. The third-order valence-corrected chi connectivity index (χ3v) is 4.04. The largest absolute Gasteiger partial charge is 0.490 e. The molecule has 2 aromatic carbocycles. The van der Waals surface area contributed by atoms with Gasteiger partial charge in [-0.25, -0.2) is 0 Å². The summed E-state index contributed by atoms with van der Waals surface area (Å²) in [5.74, 6) is 1.26. The first-order valence-corrected chi connectivity index (χ1v) is 7.22. The molecule has 3 rings (SSSR count). The highest BCUT2D eigenvalue weighted by Gasteiger charge is 2.27. The van der Waals surface area contributed by atoms with Crippen LogP contribution in [-0.4, -0.2) is 11.2 Å². The van der Waals surface area contributed by atoms with Crippen molar-refractivity contribution in [2.75, 3.05) is 0 Å². The van der Waals surface area contributed by atoms with Gasteiger partial charge in [0, 0.05) is 12.0 Å². The van der Waals surface area contributed by atoms with Crippen molar-refractivity contribution >= 4 is 0 Å². The number of ether oxygens (including phenoxy) is 1. The normalized spacial score (nSPS) is 22.7. The van der Waals surface area contributed by atoms with E-state index in [0.717, 1.165) is 17.7 Å². The van der Waals surface area contributed by atoms with E-state index >= 15 is 0 Å². The fraction of sp³-hybridized carbons (Fsp3) is 0.333. The van der Waals surface area contributed by atoms with Crippen LogP contribution in [0.1, 0.15) is 42.9 Å². The molecular formula is C18H20O2. The third kappa shape index (κ3) is 2.70. The molecule has 0 radical (unpaired) electrons. The van der Waals surface area contributed by atoms with Gasteiger partial charge in [0.2, 0.25) is 0 Å². The maximum absolute atomic E-state index is 10.2. The lowest BCUT2D eigenvalue weighted by Crippen LogP contribution is -2.27. The molecule has 2 heteroatoms. The number of hydrogen-bond donors (Lipinski definition) is 1. The minimum Gasteiger partial charge on any atom is -0.490 e. The van der Waals surface area contributed by atoms with Gasteiger partial charge in [0.25, 0.3) is 0 Å². The Morgan fingerprint density at radius 2 is 1.80 bits per heavy atom. The number of aliphatic hydroxyl groups is 1. The van der Waals surface area contributed by atoms with E-state index in [1.807, 2.05) is 30.3 Å². The van der Waals surface area contributed by atoms with Crippen LogP contribution in [0.4, 0.5) is 0 Å². The van der Waals surface area contributed by atoms with Gasteiger partial charge in [-0.2, -0.15) is 0 Å². The number of benzene rings is 2. The topological polar surface area (TPSA) is 29.5 Å². The Labute approximate surface area is 120 Å². The molecule has 1 aliphatic rings. The Morgan fingerprint density at radius 3 is 2.60 bits per heavy atom. The van der Waals surface area contributed by atoms with E-state index in [4.69, 9.17) is 4.74 Å². The molecule has 104 valence electrons. The number of para-hydroxylation sites is 1. The van der Waals surface area contributed by atoms with Gasteiger partial charge in [-0.05, 0) is 24.0 Å². The van der Waals surface area contributed by atoms with Crippen LogP contribution >= 0.6 is 0 Å². The first kappa shape index (κ1) is 13.2. The zero-order chi connectivity index (χ0) is 13.9. The van der Waals surface area contributed by atoms with E-state index in [-0.39, 0.29) is 6.10 Å². The first-order chi connectivity index (χ1) is 9.74. The molecule has 0 aromatic heterocycles. The van der Waals surface area contributed by atoms with Crippen LogP contribution in [0.2, 0.25) is 0 Å². The van der Waals surface area contributed by atoms with Gasteiger partial charge in [-0.1, -0.05) is 55.5 Å². The van der Waals surface area contributed by atoms with E-state index in [0.29, 0.717) is 12.3 Å². The van der Waals surface area contributed by atoms with Crippen LogP contribution in [0.5, 0.6) is 5.75 Å². The maximum atomic E-state index is 10.2. The average Bonchev–Trinajstić information content (AvgIpc) is 2.48. The summed E-state index contributed by atoms with van der Waals surface area (Å²) >= 11 is 0.